The van der Waals surface area contributed by atoms with Crippen LogP contribution >= 0.6 is 11.6 Å². The lowest BCUT2D eigenvalue weighted by atomic mass is 10.2. The van der Waals surface area contributed by atoms with Crippen LogP contribution in [-0.4, -0.2) is 15.0 Å². The summed E-state index contributed by atoms with van der Waals surface area (Å²) in [5, 5.41) is 0.449. The second-order valence-corrected chi connectivity index (χ2v) is 4.16. The van der Waals surface area contributed by atoms with Gasteiger partial charge in [0.2, 0.25) is 0 Å². The van der Waals surface area contributed by atoms with Crippen molar-refractivity contribution in [2.24, 2.45) is 0 Å². The number of nitrogens with zero attached hydrogens (tertiary/aromatic N) is 3. The molecule has 0 N–H and O–H groups in total. The van der Waals surface area contributed by atoms with Crippen LogP contribution in [0.3, 0.4) is 0 Å². The van der Waals surface area contributed by atoms with Gasteiger partial charge >= 0.3 is 0 Å². The first-order valence-electron chi connectivity index (χ1n) is 5.02. The zero-order chi connectivity index (χ0) is 11.7. The summed E-state index contributed by atoms with van der Waals surface area (Å²) in [6, 6.07) is 5.71. The number of aryl methyl sites for hydroxylation is 3. The third-order valence-corrected chi connectivity index (χ3v) is 2.46. The molecule has 2 rings (SSSR count). The van der Waals surface area contributed by atoms with Crippen LogP contribution in [0.1, 0.15) is 17.0 Å². The zero-order valence-electron chi connectivity index (χ0n) is 9.45. The van der Waals surface area contributed by atoms with Crippen molar-refractivity contribution in [3.05, 3.63) is 40.3 Å². The Kier molecular flexibility index (Phi) is 2.88. The van der Waals surface area contributed by atoms with E-state index >= 15 is 0 Å². The molecule has 0 aromatic carbocycles. The molecule has 0 atom stereocenters. The molecule has 0 aliphatic heterocycles. The highest BCUT2D eigenvalue weighted by Gasteiger charge is 2.08. The van der Waals surface area contributed by atoms with Gasteiger partial charge in [0.25, 0.3) is 0 Å². The Morgan fingerprint density at radius 1 is 0.938 bits per heavy atom. The van der Waals surface area contributed by atoms with Crippen LogP contribution in [0.5, 0.6) is 0 Å². The maximum Gasteiger partial charge on any atom is 0.180 e. The van der Waals surface area contributed by atoms with Crippen LogP contribution in [-0.2, 0) is 0 Å². The van der Waals surface area contributed by atoms with E-state index < -0.39 is 0 Å². The number of halogens is 1. The van der Waals surface area contributed by atoms with Crippen LogP contribution in [0.2, 0.25) is 5.15 Å². The van der Waals surface area contributed by atoms with Crippen LogP contribution < -0.4 is 0 Å². The minimum Gasteiger partial charge on any atom is -0.250 e. The van der Waals surface area contributed by atoms with Gasteiger partial charge in [0.15, 0.2) is 5.82 Å². The Morgan fingerprint density at radius 2 is 1.69 bits per heavy atom. The standard InChI is InChI=1S/C12H12ClN3/c1-7-4-5-8(2)14-11(7)12-15-9(3)6-10(13)16-12/h4-6H,1-3H3. The van der Waals surface area contributed by atoms with Crippen molar-refractivity contribution in [2.75, 3.05) is 0 Å². The van der Waals surface area contributed by atoms with Crippen molar-refractivity contribution >= 4 is 11.6 Å². The number of hydrogen-bond acceptors (Lipinski definition) is 3. The lowest BCUT2D eigenvalue weighted by Gasteiger charge is -2.05. The molecule has 0 aliphatic rings. The number of hydrogen-bond donors (Lipinski definition) is 0. The first-order valence-corrected chi connectivity index (χ1v) is 5.40. The number of aromatic nitrogens is 3. The van der Waals surface area contributed by atoms with Gasteiger partial charge < -0.3 is 0 Å². The molecule has 0 saturated carbocycles. The molecular weight excluding hydrogens is 222 g/mol. The van der Waals surface area contributed by atoms with Crippen molar-refractivity contribution in [2.45, 2.75) is 20.8 Å². The molecule has 2 aromatic heterocycles. The zero-order valence-corrected chi connectivity index (χ0v) is 10.2. The fourth-order valence-electron chi connectivity index (χ4n) is 1.49. The molecule has 82 valence electrons. The molecule has 16 heavy (non-hydrogen) atoms. The van der Waals surface area contributed by atoms with Crippen molar-refractivity contribution in [1.29, 1.82) is 0 Å². The molecule has 0 bridgehead atoms. The molecule has 2 heterocycles. The largest absolute Gasteiger partial charge is 0.250 e. The molecular formula is C12H12ClN3. The second kappa shape index (κ2) is 4.18. The van der Waals surface area contributed by atoms with Crippen molar-refractivity contribution in [1.82, 2.24) is 15.0 Å². The first-order chi connectivity index (χ1) is 7.56. The highest BCUT2D eigenvalue weighted by Crippen LogP contribution is 2.19. The van der Waals surface area contributed by atoms with Gasteiger partial charge in [-0.05, 0) is 38.5 Å². The summed E-state index contributed by atoms with van der Waals surface area (Å²) in [7, 11) is 0. The van der Waals surface area contributed by atoms with Gasteiger partial charge in [0, 0.05) is 11.4 Å². The predicted molar refractivity (Wildman–Crippen MR) is 64.5 cm³/mol. The van der Waals surface area contributed by atoms with E-state index in [0.717, 1.165) is 22.6 Å². The summed E-state index contributed by atoms with van der Waals surface area (Å²) < 4.78 is 0. The quantitative estimate of drug-likeness (QED) is 0.711. The Labute approximate surface area is 99.5 Å². The Morgan fingerprint density at radius 3 is 2.38 bits per heavy atom. The SMILES string of the molecule is Cc1cc(Cl)nc(-c2nc(C)ccc2C)n1. The Balaban J connectivity index is 2.62. The van der Waals surface area contributed by atoms with Crippen molar-refractivity contribution < 1.29 is 0 Å². The highest BCUT2D eigenvalue weighted by molar-refractivity contribution is 6.29. The van der Waals surface area contributed by atoms with Crippen LogP contribution in [0.15, 0.2) is 18.2 Å². The van der Waals surface area contributed by atoms with Gasteiger partial charge in [-0.25, -0.2) is 15.0 Å². The van der Waals surface area contributed by atoms with E-state index in [4.69, 9.17) is 11.6 Å². The third kappa shape index (κ3) is 2.19. The molecule has 0 fully saturated rings. The minimum absolute atomic E-state index is 0.449. The van der Waals surface area contributed by atoms with Crippen LogP contribution in [0.4, 0.5) is 0 Å². The molecule has 0 saturated heterocycles. The maximum atomic E-state index is 5.91. The lowest BCUT2D eigenvalue weighted by molar-refractivity contribution is 1.06. The maximum absolute atomic E-state index is 5.91. The highest BCUT2D eigenvalue weighted by atomic mass is 35.5. The summed E-state index contributed by atoms with van der Waals surface area (Å²) in [6.45, 7) is 5.82. The average Bonchev–Trinajstić information content (AvgIpc) is 2.20. The minimum atomic E-state index is 0.449. The van der Waals surface area contributed by atoms with Crippen LogP contribution in [0.25, 0.3) is 11.5 Å². The van der Waals surface area contributed by atoms with Gasteiger partial charge in [-0.2, -0.15) is 0 Å². The molecule has 0 amide bonds. The van der Waals surface area contributed by atoms with E-state index in [1.54, 1.807) is 6.07 Å². The fraction of sp³-hybridized carbons (Fsp3) is 0.250. The van der Waals surface area contributed by atoms with Gasteiger partial charge in [-0.15, -0.1) is 0 Å². The second-order valence-electron chi connectivity index (χ2n) is 3.77. The summed E-state index contributed by atoms with van der Waals surface area (Å²) in [4.78, 5) is 13.0. The van der Waals surface area contributed by atoms with E-state index in [1.807, 2.05) is 32.9 Å². The average molecular weight is 234 g/mol. The van der Waals surface area contributed by atoms with E-state index in [9.17, 15) is 0 Å². The summed E-state index contributed by atoms with van der Waals surface area (Å²) in [5.74, 6) is 0.589. The number of rotatable bonds is 1. The van der Waals surface area contributed by atoms with E-state index in [-0.39, 0.29) is 0 Å². The van der Waals surface area contributed by atoms with Crippen LogP contribution in [0, 0.1) is 20.8 Å². The summed E-state index contributed by atoms with van der Waals surface area (Å²) >= 11 is 5.91. The Bertz CT molecular complexity index is 518. The Hall–Kier alpha value is -1.48. The predicted octanol–water partition coefficient (Wildman–Crippen LogP) is 3.12. The van der Waals surface area contributed by atoms with Crippen molar-refractivity contribution in [3.8, 4) is 11.5 Å². The normalized spacial score (nSPS) is 10.5. The third-order valence-electron chi connectivity index (χ3n) is 2.27. The summed E-state index contributed by atoms with van der Waals surface area (Å²) in [5.41, 5.74) is 3.64. The number of pyridine rings is 1. The molecule has 0 aliphatic carbocycles. The molecule has 4 heteroatoms. The van der Waals surface area contributed by atoms with Gasteiger partial charge in [-0.3, -0.25) is 0 Å². The van der Waals surface area contributed by atoms with E-state index in [2.05, 4.69) is 15.0 Å². The van der Waals surface area contributed by atoms with E-state index in [0.29, 0.717) is 11.0 Å². The molecule has 0 radical (unpaired) electrons. The van der Waals surface area contributed by atoms with Gasteiger partial charge in [0.05, 0.1) is 0 Å². The molecule has 0 spiro atoms. The van der Waals surface area contributed by atoms with Gasteiger partial charge in [0.1, 0.15) is 10.8 Å². The molecule has 0 unspecified atom stereocenters. The smallest absolute Gasteiger partial charge is 0.180 e. The monoisotopic (exact) mass is 233 g/mol. The topological polar surface area (TPSA) is 38.7 Å². The summed E-state index contributed by atoms with van der Waals surface area (Å²) in [6.07, 6.45) is 0. The van der Waals surface area contributed by atoms with E-state index in [1.165, 1.54) is 0 Å². The first kappa shape index (κ1) is 11.0. The van der Waals surface area contributed by atoms with Gasteiger partial charge in [-0.1, -0.05) is 17.7 Å². The lowest BCUT2D eigenvalue weighted by Crippen LogP contribution is -1.97. The fourth-order valence-corrected chi connectivity index (χ4v) is 1.73. The molecule has 3 nitrogen and oxygen atoms in total. The van der Waals surface area contributed by atoms with Crippen molar-refractivity contribution in [3.63, 3.8) is 0 Å². The molecule has 2 aromatic rings.